The van der Waals surface area contributed by atoms with Crippen LogP contribution in [0.1, 0.15) is 37.0 Å². The van der Waals surface area contributed by atoms with Gasteiger partial charge in [-0.05, 0) is 50.9 Å². The van der Waals surface area contributed by atoms with E-state index in [1.807, 2.05) is 0 Å². The second kappa shape index (κ2) is 11.7. The van der Waals surface area contributed by atoms with E-state index in [1.54, 1.807) is 39.8 Å². The highest BCUT2D eigenvalue weighted by molar-refractivity contribution is 8.00. The molecule has 0 spiro atoms. The molecule has 4 N–H and O–H groups in total. The van der Waals surface area contributed by atoms with E-state index in [0.717, 1.165) is 16.2 Å². The molecule has 1 fully saturated rings. The third-order valence-electron chi connectivity index (χ3n) is 5.67. The minimum absolute atomic E-state index is 0.0410. The molecule has 4 heterocycles. The third-order valence-corrected chi connectivity index (χ3v) is 8.44. The summed E-state index contributed by atoms with van der Waals surface area (Å²) in [4.78, 5) is 57.2. The van der Waals surface area contributed by atoms with E-state index in [-0.39, 0.29) is 16.5 Å². The summed E-state index contributed by atoms with van der Waals surface area (Å²) in [6, 6.07) is -1.02. The number of nitrogens with two attached hydrogens (primary N) is 1. The molecule has 1 saturated heterocycles. The number of thioether (sulfide) groups is 1. The number of hydrogen-bond acceptors (Lipinski definition) is 15. The quantitative estimate of drug-likeness (QED) is 0.0977. The normalized spacial score (nSPS) is 19.4. The van der Waals surface area contributed by atoms with E-state index >= 15 is 0 Å². The minimum Gasteiger partial charge on any atom is -0.427 e. The number of oxime groups is 1. The number of aryl methyl sites for hydroxylation is 1. The number of anilines is 1. The van der Waals surface area contributed by atoms with E-state index in [0.29, 0.717) is 17.0 Å². The molecule has 2 aromatic rings. The molecule has 14 nitrogen and oxygen atoms in total. The van der Waals surface area contributed by atoms with E-state index in [1.165, 1.54) is 33.6 Å². The fraction of sp³-hybridized carbons (Fsp3) is 0.391. The lowest BCUT2D eigenvalue weighted by Crippen LogP contribution is -2.71. The Morgan fingerprint density at radius 3 is 2.65 bits per heavy atom. The lowest BCUT2D eigenvalue weighted by atomic mass is 9.98. The van der Waals surface area contributed by atoms with E-state index < -0.39 is 53.1 Å². The molecule has 212 valence electrons. The molecule has 2 amide bonds. The summed E-state index contributed by atoms with van der Waals surface area (Å²) in [5.74, 6) is -2.57. The average Bonchev–Trinajstić information content (AvgIpc) is 3.52. The number of nitrogens with zero attached hydrogens (tertiary/aromatic N) is 5. The van der Waals surface area contributed by atoms with Crippen LogP contribution in [-0.2, 0) is 28.7 Å². The summed E-state index contributed by atoms with van der Waals surface area (Å²) in [6.07, 6.45) is 3.40. The van der Waals surface area contributed by atoms with Crippen molar-refractivity contribution in [1.82, 2.24) is 24.8 Å². The number of carbonyl (C=O) groups excluding carboxylic acids is 4. The van der Waals surface area contributed by atoms with Gasteiger partial charge in [0.2, 0.25) is 6.79 Å². The van der Waals surface area contributed by atoms with Crippen molar-refractivity contribution in [2.24, 2.45) is 10.6 Å². The van der Waals surface area contributed by atoms with E-state index in [2.05, 4.69) is 25.0 Å². The Bertz CT molecular complexity index is 1440. The number of nitrogens with one attached hydrogen (secondary N) is 1. The Balaban J connectivity index is 1.54. The zero-order chi connectivity index (χ0) is 29.2. The van der Waals surface area contributed by atoms with Crippen molar-refractivity contribution in [2.45, 2.75) is 39.1 Å². The third kappa shape index (κ3) is 6.00. The second-order valence-corrected chi connectivity index (χ2v) is 12.3. The molecule has 40 heavy (non-hydrogen) atoms. The van der Waals surface area contributed by atoms with Crippen molar-refractivity contribution in [1.29, 1.82) is 0 Å². The van der Waals surface area contributed by atoms with Gasteiger partial charge in [-0.15, -0.1) is 28.2 Å². The Kier molecular flexibility index (Phi) is 8.55. The zero-order valence-electron chi connectivity index (χ0n) is 21.7. The molecular formula is C23H25N7O7S3. The number of carbonyl (C=O) groups is 4. The standard InChI is InChI=1S/C23H25N7O7S3/c1-10-13(40-29-27-10)6-5-11-7-38-19-15(26-17(31)14(28-35)12-8-39-22(24)25-12)18(32)30(19)16(11)20(33)36-9-37-21(34)23(2,3)4/h5-6,8,15,19,35H,7,9H2,1-4H3,(H2,24,25)(H,26,31)/b6-5-,28-14-/t15?,19-/m1/s1. The maximum atomic E-state index is 13.2. The number of nitrogen functional groups attached to an aromatic ring is 1. The fourth-order valence-corrected chi connectivity index (χ4v) is 5.99. The SMILES string of the molecule is Cc1nnsc1/C=C\C1=C(C(=O)OCOC(=O)C(C)(C)C)N2C(=O)C(NC(=O)/C(=N\O)c3csc(N)n3)[C@H]2SC1. The maximum absolute atomic E-state index is 13.2. The second-order valence-electron chi connectivity index (χ2n) is 9.54. The molecule has 2 aromatic heterocycles. The van der Waals surface area contributed by atoms with Gasteiger partial charge in [-0.1, -0.05) is 15.7 Å². The van der Waals surface area contributed by atoms with Crippen LogP contribution in [0.3, 0.4) is 0 Å². The first-order valence-electron chi connectivity index (χ1n) is 11.7. The van der Waals surface area contributed by atoms with Crippen molar-refractivity contribution >= 4 is 75.3 Å². The van der Waals surface area contributed by atoms with Crippen LogP contribution in [0.15, 0.2) is 27.9 Å². The first-order chi connectivity index (χ1) is 18.9. The van der Waals surface area contributed by atoms with Crippen molar-refractivity contribution in [3.05, 3.63) is 39.0 Å². The van der Waals surface area contributed by atoms with Gasteiger partial charge in [0.1, 0.15) is 22.8 Å². The topological polar surface area (TPSA) is 199 Å². The highest BCUT2D eigenvalue weighted by Crippen LogP contribution is 2.41. The monoisotopic (exact) mass is 607 g/mol. The molecule has 2 aliphatic rings. The molecule has 0 saturated carbocycles. The number of aromatic nitrogens is 3. The molecule has 0 aliphatic carbocycles. The van der Waals surface area contributed by atoms with Gasteiger partial charge in [-0.3, -0.25) is 19.3 Å². The average molecular weight is 608 g/mol. The number of allylic oxidation sites excluding steroid dienone is 1. The maximum Gasteiger partial charge on any atom is 0.358 e. The molecule has 0 aromatic carbocycles. The van der Waals surface area contributed by atoms with Crippen LogP contribution in [0.25, 0.3) is 6.08 Å². The number of amides is 2. The fourth-order valence-electron chi connectivity index (χ4n) is 3.57. The lowest BCUT2D eigenvalue weighted by Gasteiger charge is -2.49. The van der Waals surface area contributed by atoms with Crippen molar-refractivity contribution in [3.63, 3.8) is 0 Å². The summed E-state index contributed by atoms with van der Waals surface area (Å²) in [7, 11) is 0. The number of esters is 2. The first kappa shape index (κ1) is 29.2. The van der Waals surface area contributed by atoms with Gasteiger partial charge in [-0.25, -0.2) is 9.78 Å². The molecule has 0 bridgehead atoms. The van der Waals surface area contributed by atoms with Crippen LogP contribution in [-0.4, -0.2) is 78.1 Å². The number of rotatable bonds is 8. The number of thiazole rings is 1. The van der Waals surface area contributed by atoms with Crippen LogP contribution >= 0.6 is 34.6 Å². The van der Waals surface area contributed by atoms with Crippen LogP contribution < -0.4 is 11.1 Å². The Hall–Kier alpha value is -3.83. The Labute approximate surface area is 240 Å². The minimum atomic E-state index is -1.02. The molecule has 2 aliphatic heterocycles. The zero-order valence-corrected chi connectivity index (χ0v) is 24.2. The Morgan fingerprint density at radius 2 is 2.05 bits per heavy atom. The smallest absolute Gasteiger partial charge is 0.358 e. The molecule has 1 unspecified atom stereocenters. The van der Waals surface area contributed by atoms with Gasteiger partial charge in [-0.2, -0.15) is 0 Å². The van der Waals surface area contributed by atoms with Crippen LogP contribution in [0, 0.1) is 12.3 Å². The van der Waals surface area contributed by atoms with Crippen molar-refractivity contribution in [3.8, 4) is 0 Å². The van der Waals surface area contributed by atoms with Gasteiger partial charge in [0.25, 0.3) is 11.8 Å². The largest absolute Gasteiger partial charge is 0.427 e. The summed E-state index contributed by atoms with van der Waals surface area (Å²) in [5, 5.41) is 19.8. The number of β-lactam (4-membered cyclic amide) rings is 1. The van der Waals surface area contributed by atoms with Gasteiger partial charge in [0.15, 0.2) is 10.8 Å². The molecular weight excluding hydrogens is 582 g/mol. The van der Waals surface area contributed by atoms with Crippen molar-refractivity contribution in [2.75, 3.05) is 18.3 Å². The predicted molar refractivity (Wildman–Crippen MR) is 147 cm³/mol. The van der Waals surface area contributed by atoms with Gasteiger partial charge >= 0.3 is 11.9 Å². The summed E-state index contributed by atoms with van der Waals surface area (Å²) in [5.41, 5.74) is 5.58. The van der Waals surface area contributed by atoms with Crippen LogP contribution in [0.4, 0.5) is 5.13 Å². The molecule has 4 rings (SSSR count). The number of fused-ring (bicyclic) bond motifs is 1. The molecule has 2 atom stereocenters. The van der Waals surface area contributed by atoms with Gasteiger partial charge in [0, 0.05) is 11.1 Å². The van der Waals surface area contributed by atoms with E-state index in [4.69, 9.17) is 15.2 Å². The molecule has 0 radical (unpaired) electrons. The highest BCUT2D eigenvalue weighted by Gasteiger charge is 2.54. The highest BCUT2D eigenvalue weighted by atomic mass is 32.2. The summed E-state index contributed by atoms with van der Waals surface area (Å²) in [6.45, 7) is 6.13. The van der Waals surface area contributed by atoms with Crippen molar-refractivity contribution < 1.29 is 33.9 Å². The van der Waals surface area contributed by atoms with Gasteiger partial charge < -0.3 is 25.7 Å². The number of hydrogen-bond donors (Lipinski definition) is 3. The lowest BCUT2D eigenvalue weighted by molar-refractivity contribution is -0.173. The van der Waals surface area contributed by atoms with E-state index in [9.17, 15) is 24.4 Å². The summed E-state index contributed by atoms with van der Waals surface area (Å²) >= 11 is 3.54. The summed E-state index contributed by atoms with van der Waals surface area (Å²) < 4.78 is 14.1. The number of ether oxygens (including phenoxy) is 2. The Morgan fingerprint density at radius 1 is 1.30 bits per heavy atom. The predicted octanol–water partition coefficient (Wildman–Crippen LogP) is 1.52. The molecule has 17 heteroatoms. The van der Waals surface area contributed by atoms with Crippen LogP contribution in [0.2, 0.25) is 0 Å². The first-order valence-corrected chi connectivity index (χ1v) is 14.4. The van der Waals surface area contributed by atoms with Gasteiger partial charge in [0.05, 0.1) is 16.0 Å². The van der Waals surface area contributed by atoms with Crippen LogP contribution in [0.5, 0.6) is 0 Å².